The first-order valence-corrected chi connectivity index (χ1v) is 8.31. The molecule has 0 saturated carbocycles. The standard InChI is InChI=1S/C18H28N2O3/c1-13-4-5-17(14(2)10-13)23-12-16(21)11-20-8-6-15(7-9-20)18(22)19-3/h4-5,10,15-16,21H,6-9,11-12H2,1-3H3,(H,19,22). The van der Waals surface area contributed by atoms with E-state index in [2.05, 4.69) is 16.3 Å². The van der Waals surface area contributed by atoms with E-state index in [-0.39, 0.29) is 11.8 Å². The Labute approximate surface area is 138 Å². The molecule has 0 bridgehead atoms. The molecular formula is C18H28N2O3. The van der Waals surface area contributed by atoms with Crippen molar-refractivity contribution in [2.24, 2.45) is 5.92 Å². The topological polar surface area (TPSA) is 61.8 Å². The maximum atomic E-state index is 11.6. The van der Waals surface area contributed by atoms with Gasteiger partial charge < -0.3 is 20.1 Å². The summed E-state index contributed by atoms with van der Waals surface area (Å²) in [5, 5.41) is 12.9. The molecule has 1 amide bonds. The van der Waals surface area contributed by atoms with E-state index in [1.807, 2.05) is 26.0 Å². The molecule has 1 heterocycles. The van der Waals surface area contributed by atoms with Crippen LogP contribution in [0.25, 0.3) is 0 Å². The predicted molar refractivity (Wildman–Crippen MR) is 90.6 cm³/mol. The highest BCUT2D eigenvalue weighted by Gasteiger charge is 2.25. The van der Waals surface area contributed by atoms with Gasteiger partial charge in [0.15, 0.2) is 0 Å². The van der Waals surface area contributed by atoms with Crippen LogP contribution in [0, 0.1) is 19.8 Å². The number of piperidine rings is 1. The zero-order valence-electron chi connectivity index (χ0n) is 14.3. The molecule has 1 aromatic rings. The number of β-amino-alcohol motifs (C(OH)–C–C–N with tert-alkyl or cyclic N) is 1. The fourth-order valence-corrected chi connectivity index (χ4v) is 3.08. The van der Waals surface area contributed by atoms with Gasteiger partial charge in [0.1, 0.15) is 18.5 Å². The molecule has 1 aliphatic rings. The van der Waals surface area contributed by atoms with Gasteiger partial charge in [-0.3, -0.25) is 4.79 Å². The van der Waals surface area contributed by atoms with Gasteiger partial charge in [0.25, 0.3) is 0 Å². The lowest BCUT2D eigenvalue weighted by Crippen LogP contribution is -2.43. The van der Waals surface area contributed by atoms with E-state index in [4.69, 9.17) is 4.74 Å². The van der Waals surface area contributed by atoms with Crippen LogP contribution < -0.4 is 10.1 Å². The van der Waals surface area contributed by atoms with Gasteiger partial charge in [-0.05, 0) is 51.4 Å². The molecule has 128 valence electrons. The molecule has 2 N–H and O–H groups in total. The molecule has 1 unspecified atom stereocenters. The number of nitrogens with one attached hydrogen (secondary N) is 1. The molecule has 1 saturated heterocycles. The second-order valence-corrected chi connectivity index (χ2v) is 6.42. The maximum absolute atomic E-state index is 11.6. The number of likely N-dealkylation sites (tertiary alicyclic amines) is 1. The van der Waals surface area contributed by atoms with Gasteiger partial charge in [-0.15, -0.1) is 0 Å². The van der Waals surface area contributed by atoms with Gasteiger partial charge in [0.05, 0.1) is 0 Å². The van der Waals surface area contributed by atoms with Crippen LogP contribution >= 0.6 is 0 Å². The van der Waals surface area contributed by atoms with E-state index in [0.717, 1.165) is 37.2 Å². The van der Waals surface area contributed by atoms with Crippen molar-refractivity contribution in [3.8, 4) is 5.75 Å². The average Bonchev–Trinajstić information content (AvgIpc) is 2.54. The SMILES string of the molecule is CNC(=O)C1CCN(CC(O)COc2ccc(C)cc2C)CC1. The Morgan fingerprint density at radius 2 is 2.09 bits per heavy atom. The number of rotatable bonds is 6. The van der Waals surface area contributed by atoms with Crippen molar-refractivity contribution in [2.75, 3.05) is 33.3 Å². The zero-order valence-corrected chi connectivity index (χ0v) is 14.3. The van der Waals surface area contributed by atoms with Crippen molar-refractivity contribution < 1.29 is 14.6 Å². The van der Waals surface area contributed by atoms with Crippen LogP contribution in [0.15, 0.2) is 18.2 Å². The number of nitrogens with zero attached hydrogens (tertiary/aromatic N) is 1. The van der Waals surface area contributed by atoms with E-state index in [9.17, 15) is 9.90 Å². The van der Waals surface area contributed by atoms with Crippen molar-refractivity contribution in [3.63, 3.8) is 0 Å². The lowest BCUT2D eigenvalue weighted by Gasteiger charge is -2.32. The van der Waals surface area contributed by atoms with E-state index in [1.54, 1.807) is 7.05 Å². The minimum Gasteiger partial charge on any atom is -0.491 e. The number of benzene rings is 1. The van der Waals surface area contributed by atoms with Crippen LogP contribution in [0.2, 0.25) is 0 Å². The summed E-state index contributed by atoms with van der Waals surface area (Å²) in [6, 6.07) is 6.04. The molecule has 0 spiro atoms. The Morgan fingerprint density at radius 3 is 2.70 bits per heavy atom. The van der Waals surface area contributed by atoms with Crippen molar-refractivity contribution in [1.82, 2.24) is 10.2 Å². The molecule has 5 nitrogen and oxygen atoms in total. The summed E-state index contributed by atoms with van der Waals surface area (Å²) in [6.45, 7) is 6.63. The number of aliphatic hydroxyl groups is 1. The summed E-state index contributed by atoms with van der Waals surface area (Å²) in [5.74, 6) is 1.07. The molecule has 5 heteroatoms. The van der Waals surface area contributed by atoms with Crippen molar-refractivity contribution in [1.29, 1.82) is 0 Å². The van der Waals surface area contributed by atoms with Gasteiger partial charge >= 0.3 is 0 Å². The first-order valence-electron chi connectivity index (χ1n) is 8.31. The summed E-state index contributed by atoms with van der Waals surface area (Å²) in [4.78, 5) is 13.8. The Bertz CT molecular complexity index is 525. The highest BCUT2D eigenvalue weighted by Crippen LogP contribution is 2.20. The highest BCUT2D eigenvalue weighted by molar-refractivity contribution is 5.78. The van der Waals surface area contributed by atoms with Gasteiger partial charge in [-0.2, -0.15) is 0 Å². The number of carbonyl (C=O) groups excluding carboxylic acids is 1. The molecule has 23 heavy (non-hydrogen) atoms. The quantitative estimate of drug-likeness (QED) is 0.834. The van der Waals surface area contributed by atoms with Crippen molar-refractivity contribution in [3.05, 3.63) is 29.3 Å². The van der Waals surface area contributed by atoms with Crippen LogP contribution in [0.1, 0.15) is 24.0 Å². The third-order valence-corrected chi connectivity index (χ3v) is 4.44. The first kappa shape index (κ1) is 17.8. The Morgan fingerprint density at radius 1 is 1.39 bits per heavy atom. The van der Waals surface area contributed by atoms with Crippen LogP contribution in [0.5, 0.6) is 5.75 Å². The van der Waals surface area contributed by atoms with Gasteiger partial charge in [-0.1, -0.05) is 17.7 Å². The lowest BCUT2D eigenvalue weighted by molar-refractivity contribution is -0.126. The number of carbonyl (C=O) groups is 1. The first-order chi connectivity index (χ1) is 11.0. The van der Waals surface area contributed by atoms with E-state index >= 15 is 0 Å². The second-order valence-electron chi connectivity index (χ2n) is 6.42. The minimum absolute atomic E-state index is 0.111. The number of aryl methyl sites for hydroxylation is 2. The number of hydrogen-bond donors (Lipinski definition) is 2. The average molecular weight is 320 g/mol. The van der Waals surface area contributed by atoms with E-state index in [1.165, 1.54) is 5.56 Å². The van der Waals surface area contributed by atoms with E-state index < -0.39 is 6.10 Å². The molecule has 2 rings (SSSR count). The zero-order chi connectivity index (χ0) is 16.8. The number of aliphatic hydroxyl groups excluding tert-OH is 1. The largest absolute Gasteiger partial charge is 0.491 e. The molecule has 1 atom stereocenters. The van der Waals surface area contributed by atoms with Crippen LogP contribution in [-0.4, -0.2) is 55.3 Å². The Balaban J connectivity index is 1.73. The van der Waals surface area contributed by atoms with Crippen LogP contribution in [-0.2, 0) is 4.79 Å². The Hall–Kier alpha value is -1.59. The minimum atomic E-state index is -0.521. The smallest absolute Gasteiger partial charge is 0.222 e. The molecule has 1 aromatic carbocycles. The fourth-order valence-electron chi connectivity index (χ4n) is 3.08. The number of hydrogen-bond acceptors (Lipinski definition) is 4. The van der Waals surface area contributed by atoms with E-state index in [0.29, 0.717) is 13.2 Å². The molecular weight excluding hydrogens is 292 g/mol. The highest BCUT2D eigenvalue weighted by atomic mass is 16.5. The number of ether oxygens (including phenoxy) is 1. The van der Waals surface area contributed by atoms with Crippen molar-refractivity contribution >= 4 is 5.91 Å². The summed E-state index contributed by atoms with van der Waals surface area (Å²) >= 11 is 0. The summed E-state index contributed by atoms with van der Waals surface area (Å²) in [6.07, 6.45) is 1.18. The van der Waals surface area contributed by atoms with Crippen LogP contribution in [0.4, 0.5) is 0 Å². The van der Waals surface area contributed by atoms with Gasteiger partial charge in [0.2, 0.25) is 5.91 Å². The second kappa shape index (κ2) is 8.31. The normalized spacial score (nSPS) is 17.7. The third-order valence-electron chi connectivity index (χ3n) is 4.44. The third kappa shape index (κ3) is 5.22. The van der Waals surface area contributed by atoms with Gasteiger partial charge in [0, 0.05) is 19.5 Å². The molecule has 1 aliphatic heterocycles. The fraction of sp³-hybridized carbons (Fsp3) is 0.611. The molecule has 0 aliphatic carbocycles. The summed E-state index contributed by atoms with van der Waals surface area (Å²) < 4.78 is 5.73. The van der Waals surface area contributed by atoms with Gasteiger partial charge in [-0.25, -0.2) is 0 Å². The lowest BCUT2D eigenvalue weighted by atomic mass is 9.96. The van der Waals surface area contributed by atoms with Crippen molar-refractivity contribution in [2.45, 2.75) is 32.8 Å². The number of amides is 1. The van der Waals surface area contributed by atoms with Crippen LogP contribution in [0.3, 0.4) is 0 Å². The molecule has 0 aromatic heterocycles. The predicted octanol–water partition coefficient (Wildman–Crippen LogP) is 1.50. The molecule has 0 radical (unpaired) electrons. The monoisotopic (exact) mass is 320 g/mol. The maximum Gasteiger partial charge on any atom is 0.222 e. The summed E-state index contributed by atoms with van der Waals surface area (Å²) in [7, 11) is 1.68. The Kier molecular flexibility index (Phi) is 6.42. The molecule has 1 fully saturated rings. The summed E-state index contributed by atoms with van der Waals surface area (Å²) in [5.41, 5.74) is 2.29.